The van der Waals surface area contributed by atoms with Crippen molar-refractivity contribution in [3.8, 4) is 0 Å². The van der Waals surface area contributed by atoms with Crippen LogP contribution in [0, 0.1) is 5.82 Å². The first-order valence-corrected chi connectivity index (χ1v) is 9.95. The molecule has 0 radical (unpaired) electrons. The molecular weight excluding hydrogens is 399 g/mol. The summed E-state index contributed by atoms with van der Waals surface area (Å²) in [5.74, 6) is 0.634. The molecule has 3 atom stereocenters. The first-order chi connectivity index (χ1) is 14.0. The number of aromatic nitrogens is 3. The summed E-state index contributed by atoms with van der Waals surface area (Å²) >= 11 is 6.08. The van der Waals surface area contributed by atoms with Gasteiger partial charge in [0.2, 0.25) is 0 Å². The van der Waals surface area contributed by atoms with E-state index >= 15 is 0 Å². The van der Waals surface area contributed by atoms with E-state index in [0.717, 1.165) is 37.1 Å². The van der Waals surface area contributed by atoms with E-state index in [1.54, 1.807) is 6.20 Å². The fourth-order valence-electron chi connectivity index (χ4n) is 3.92. The van der Waals surface area contributed by atoms with Crippen molar-refractivity contribution in [2.45, 2.75) is 43.7 Å². The molecule has 3 N–H and O–H groups in total. The van der Waals surface area contributed by atoms with Crippen LogP contribution < -0.4 is 16.0 Å². The average molecular weight is 421 g/mol. The number of rotatable bonds is 4. The third-order valence-corrected chi connectivity index (χ3v) is 5.59. The van der Waals surface area contributed by atoms with Crippen molar-refractivity contribution >= 4 is 29.3 Å². The summed E-state index contributed by atoms with van der Waals surface area (Å²) in [4.78, 5) is 24.6. The molecule has 2 aromatic heterocycles. The van der Waals surface area contributed by atoms with Gasteiger partial charge in [0.05, 0.1) is 30.3 Å². The number of nitrogens with one attached hydrogen (secondary N) is 3. The van der Waals surface area contributed by atoms with Crippen molar-refractivity contribution in [2.24, 2.45) is 0 Å². The predicted molar refractivity (Wildman–Crippen MR) is 107 cm³/mol. The van der Waals surface area contributed by atoms with E-state index in [2.05, 4.69) is 30.9 Å². The van der Waals surface area contributed by atoms with Gasteiger partial charge in [-0.1, -0.05) is 24.4 Å². The van der Waals surface area contributed by atoms with Crippen molar-refractivity contribution in [1.29, 1.82) is 0 Å². The van der Waals surface area contributed by atoms with Crippen LogP contribution in [0.3, 0.4) is 0 Å². The summed E-state index contributed by atoms with van der Waals surface area (Å²) in [7, 11) is 1.32. The van der Waals surface area contributed by atoms with Crippen molar-refractivity contribution in [3.63, 3.8) is 0 Å². The SMILES string of the molecule is COC(=O)NC1CCCCC1Nc1nc(C2CNc3ncc(Cl)cc32)ncc1F. The zero-order valence-corrected chi connectivity index (χ0v) is 16.7. The van der Waals surface area contributed by atoms with Gasteiger partial charge >= 0.3 is 6.09 Å². The second-order valence-electron chi connectivity index (χ2n) is 7.23. The monoisotopic (exact) mass is 420 g/mol. The zero-order chi connectivity index (χ0) is 20.4. The first kappa shape index (κ1) is 19.6. The molecule has 0 aromatic carbocycles. The minimum absolute atomic E-state index is 0.127. The van der Waals surface area contributed by atoms with Gasteiger partial charge in [-0.25, -0.2) is 24.1 Å². The van der Waals surface area contributed by atoms with Gasteiger partial charge in [-0.05, 0) is 18.9 Å². The molecule has 29 heavy (non-hydrogen) atoms. The molecule has 0 spiro atoms. The van der Waals surface area contributed by atoms with Crippen LogP contribution >= 0.6 is 11.6 Å². The van der Waals surface area contributed by atoms with Crippen LogP contribution in [0.4, 0.5) is 20.8 Å². The highest BCUT2D eigenvalue weighted by molar-refractivity contribution is 6.30. The lowest BCUT2D eigenvalue weighted by Crippen LogP contribution is -2.48. The van der Waals surface area contributed by atoms with E-state index in [1.807, 2.05) is 6.07 Å². The number of ether oxygens (including phenoxy) is 1. The Hall–Kier alpha value is -2.68. The van der Waals surface area contributed by atoms with Gasteiger partial charge in [-0.15, -0.1) is 0 Å². The number of methoxy groups -OCH3 is 1. The number of hydrogen-bond acceptors (Lipinski definition) is 7. The number of alkyl carbamates (subject to hydrolysis) is 1. The van der Waals surface area contributed by atoms with Gasteiger partial charge in [0, 0.05) is 24.3 Å². The Balaban J connectivity index is 1.56. The number of amides is 1. The van der Waals surface area contributed by atoms with Crippen molar-refractivity contribution in [1.82, 2.24) is 20.3 Å². The lowest BCUT2D eigenvalue weighted by molar-refractivity contribution is 0.161. The second kappa shape index (κ2) is 8.36. The number of anilines is 2. The van der Waals surface area contributed by atoms with Crippen LogP contribution in [0.5, 0.6) is 0 Å². The van der Waals surface area contributed by atoms with Gasteiger partial charge in [-0.2, -0.15) is 0 Å². The van der Waals surface area contributed by atoms with Gasteiger partial charge in [0.25, 0.3) is 0 Å². The average Bonchev–Trinajstić information content (AvgIpc) is 3.14. The van der Waals surface area contributed by atoms with Crippen molar-refractivity contribution in [2.75, 3.05) is 24.3 Å². The quantitative estimate of drug-likeness (QED) is 0.697. The number of carbonyl (C=O) groups excluding carboxylic acids is 1. The largest absolute Gasteiger partial charge is 0.453 e. The van der Waals surface area contributed by atoms with Crippen LogP contribution in [0.1, 0.15) is 43.0 Å². The maximum absolute atomic E-state index is 14.5. The Bertz CT molecular complexity index is 914. The van der Waals surface area contributed by atoms with E-state index < -0.39 is 11.9 Å². The van der Waals surface area contributed by atoms with Crippen LogP contribution in [0.2, 0.25) is 5.02 Å². The van der Waals surface area contributed by atoms with Crippen LogP contribution in [0.25, 0.3) is 0 Å². The molecule has 2 aliphatic rings. The van der Waals surface area contributed by atoms with Crippen molar-refractivity contribution < 1.29 is 13.9 Å². The van der Waals surface area contributed by atoms with Gasteiger partial charge < -0.3 is 20.7 Å². The van der Waals surface area contributed by atoms with Gasteiger partial charge in [0.1, 0.15) is 11.6 Å². The zero-order valence-electron chi connectivity index (χ0n) is 15.9. The molecule has 0 saturated heterocycles. The molecule has 1 fully saturated rings. The van der Waals surface area contributed by atoms with Crippen molar-refractivity contribution in [3.05, 3.63) is 40.7 Å². The fraction of sp³-hybridized carbons (Fsp3) is 0.474. The number of fused-ring (bicyclic) bond motifs is 1. The number of hydrogen-bond donors (Lipinski definition) is 3. The molecule has 3 heterocycles. The van der Waals surface area contributed by atoms with E-state index in [0.29, 0.717) is 17.4 Å². The smallest absolute Gasteiger partial charge is 0.407 e. The standard InChI is InChI=1S/C19H22ClFN6O2/c1-29-19(28)26-15-5-3-2-4-14(15)25-18-13(21)9-24-17(27-18)12-8-23-16-11(12)6-10(20)7-22-16/h6-7,9,12,14-15H,2-5,8H2,1H3,(H,22,23)(H,26,28)(H,24,25,27). The maximum Gasteiger partial charge on any atom is 0.407 e. The van der Waals surface area contributed by atoms with Gasteiger partial charge in [-0.3, -0.25) is 0 Å². The molecule has 0 bridgehead atoms. The van der Waals surface area contributed by atoms with E-state index in [1.165, 1.54) is 13.3 Å². The third kappa shape index (κ3) is 4.19. The van der Waals surface area contributed by atoms with Crippen LogP contribution in [-0.2, 0) is 4.74 Å². The molecule has 1 amide bonds. The molecule has 1 aliphatic heterocycles. The summed E-state index contributed by atoms with van der Waals surface area (Å²) < 4.78 is 19.2. The lowest BCUT2D eigenvalue weighted by Gasteiger charge is -2.32. The maximum atomic E-state index is 14.5. The molecule has 1 saturated carbocycles. The van der Waals surface area contributed by atoms with E-state index in [-0.39, 0.29) is 23.8 Å². The molecule has 4 rings (SSSR count). The Morgan fingerprint density at radius 3 is 2.86 bits per heavy atom. The minimum Gasteiger partial charge on any atom is -0.453 e. The molecule has 1 aliphatic carbocycles. The van der Waals surface area contributed by atoms with E-state index in [9.17, 15) is 9.18 Å². The lowest BCUT2D eigenvalue weighted by atomic mass is 9.90. The highest BCUT2D eigenvalue weighted by Gasteiger charge is 2.30. The summed E-state index contributed by atoms with van der Waals surface area (Å²) in [6.45, 7) is 0.559. The van der Waals surface area contributed by atoms with Crippen LogP contribution in [-0.4, -0.2) is 46.8 Å². The number of nitrogens with zero attached hydrogens (tertiary/aromatic N) is 3. The summed E-state index contributed by atoms with van der Waals surface area (Å²) in [5.41, 5.74) is 0.887. The normalized spacial score (nSPS) is 23.1. The molecule has 8 nitrogen and oxygen atoms in total. The number of carbonyl (C=O) groups is 1. The predicted octanol–water partition coefficient (Wildman–Crippen LogP) is 3.30. The van der Waals surface area contributed by atoms with Crippen LogP contribution in [0.15, 0.2) is 18.5 Å². The highest BCUT2D eigenvalue weighted by Crippen LogP contribution is 2.35. The number of halogens is 2. The molecular formula is C19H22ClFN6O2. The van der Waals surface area contributed by atoms with Gasteiger partial charge in [0.15, 0.2) is 11.6 Å². The molecule has 10 heteroatoms. The summed E-state index contributed by atoms with van der Waals surface area (Å²) in [5, 5.41) is 9.72. The third-order valence-electron chi connectivity index (χ3n) is 5.38. The first-order valence-electron chi connectivity index (χ1n) is 9.58. The topological polar surface area (TPSA) is 101 Å². The Morgan fingerprint density at radius 1 is 1.28 bits per heavy atom. The Labute approximate surface area is 172 Å². The van der Waals surface area contributed by atoms with E-state index in [4.69, 9.17) is 16.3 Å². The highest BCUT2D eigenvalue weighted by atomic mass is 35.5. The molecule has 3 unspecified atom stereocenters. The second-order valence-corrected chi connectivity index (χ2v) is 7.66. The Morgan fingerprint density at radius 2 is 2.07 bits per heavy atom. The fourth-order valence-corrected chi connectivity index (χ4v) is 4.09. The summed E-state index contributed by atoms with van der Waals surface area (Å²) in [6.07, 6.45) is 5.81. The minimum atomic E-state index is -0.536. The number of pyridine rings is 1. The summed E-state index contributed by atoms with van der Waals surface area (Å²) in [6, 6.07) is 1.52. The molecule has 2 aromatic rings. The Kier molecular flexibility index (Phi) is 5.66. The molecule has 154 valence electrons.